The highest BCUT2D eigenvalue weighted by molar-refractivity contribution is 7.89. The maximum atomic E-state index is 13.5. The molecule has 0 spiro atoms. The number of alkyl halides is 3. The van der Waals surface area contributed by atoms with Gasteiger partial charge in [-0.05, 0) is 80.6 Å². The molecule has 2 atom stereocenters. The van der Waals surface area contributed by atoms with Gasteiger partial charge in [0.05, 0.1) is 11.1 Å². The zero-order valence-corrected chi connectivity index (χ0v) is 19.5. The number of hydrogen-bond acceptors (Lipinski definition) is 4. The summed E-state index contributed by atoms with van der Waals surface area (Å²) in [7, 11) is -4.08. The highest BCUT2D eigenvalue weighted by Crippen LogP contribution is 2.38. The molecule has 0 bridgehead atoms. The van der Waals surface area contributed by atoms with Gasteiger partial charge in [0.15, 0.2) is 0 Å². The van der Waals surface area contributed by atoms with Gasteiger partial charge < -0.3 is 9.64 Å². The lowest BCUT2D eigenvalue weighted by atomic mass is 9.99. The van der Waals surface area contributed by atoms with Crippen molar-refractivity contribution in [2.24, 2.45) is 11.8 Å². The number of ether oxygens (including phenoxy) is 1. The predicted octanol–water partition coefficient (Wildman–Crippen LogP) is 5.68. The average Bonchev–Trinajstić information content (AvgIpc) is 3.51. The largest absolute Gasteiger partial charge is 0.573 e. The maximum Gasteiger partial charge on any atom is 0.573 e. The molecule has 2 aromatic rings. The van der Waals surface area contributed by atoms with Crippen molar-refractivity contribution >= 4 is 15.7 Å². The Morgan fingerprint density at radius 1 is 1.03 bits per heavy atom. The Morgan fingerprint density at radius 3 is 2.09 bits per heavy atom. The number of benzene rings is 2. The predicted molar refractivity (Wildman–Crippen MR) is 118 cm³/mol. The summed E-state index contributed by atoms with van der Waals surface area (Å²) in [5, 5.41) is 0. The van der Waals surface area contributed by atoms with Crippen LogP contribution in [0.2, 0.25) is 0 Å². The summed E-state index contributed by atoms with van der Waals surface area (Å²) in [6.45, 7) is 5.79. The number of rotatable bonds is 10. The van der Waals surface area contributed by atoms with Crippen LogP contribution in [0.1, 0.15) is 40.0 Å². The van der Waals surface area contributed by atoms with Crippen molar-refractivity contribution in [1.29, 1.82) is 0 Å². The molecule has 10 heteroatoms. The van der Waals surface area contributed by atoms with Crippen LogP contribution in [0.15, 0.2) is 53.4 Å². The van der Waals surface area contributed by atoms with Crippen molar-refractivity contribution in [2.45, 2.75) is 63.5 Å². The Bertz CT molecular complexity index is 1020. The number of sulfonamides is 1. The van der Waals surface area contributed by atoms with Gasteiger partial charge >= 0.3 is 6.36 Å². The van der Waals surface area contributed by atoms with Gasteiger partial charge in [0.1, 0.15) is 11.6 Å². The highest BCUT2D eigenvalue weighted by Gasteiger charge is 2.35. The monoisotopic (exact) mass is 488 g/mol. The van der Waals surface area contributed by atoms with Crippen LogP contribution in [0.3, 0.4) is 0 Å². The van der Waals surface area contributed by atoms with Crippen molar-refractivity contribution in [3.8, 4) is 5.75 Å². The molecular weight excluding hydrogens is 460 g/mol. The first-order valence-electron chi connectivity index (χ1n) is 10.8. The fourth-order valence-electron chi connectivity index (χ4n) is 3.90. The van der Waals surface area contributed by atoms with Crippen LogP contribution < -0.4 is 14.4 Å². The molecule has 0 aromatic heterocycles. The molecule has 0 radical (unpaired) electrons. The van der Waals surface area contributed by atoms with Crippen LogP contribution >= 0.6 is 0 Å². The summed E-state index contributed by atoms with van der Waals surface area (Å²) in [6, 6.07) is 9.80. The van der Waals surface area contributed by atoms with E-state index in [1.165, 1.54) is 12.1 Å². The lowest BCUT2D eigenvalue weighted by molar-refractivity contribution is -0.274. The van der Waals surface area contributed by atoms with Gasteiger partial charge in [-0.15, -0.1) is 13.2 Å². The highest BCUT2D eigenvalue weighted by atomic mass is 32.2. The third kappa shape index (κ3) is 7.07. The van der Waals surface area contributed by atoms with Gasteiger partial charge in [0.2, 0.25) is 10.0 Å². The normalized spacial score (nSPS) is 16.5. The summed E-state index contributed by atoms with van der Waals surface area (Å²) in [4.78, 5) is 1.72. The van der Waals surface area contributed by atoms with Crippen LogP contribution in [-0.4, -0.2) is 27.0 Å². The standard InChI is InChI=1S/C23H28F4N2O3S/c1-15(2)29(19-8-6-18(24)7-9-19)22(16(3)14-17-4-5-17)28-33(30,31)21-12-10-20(11-13-21)32-23(25,26)27/h6-13,15-17,22,28H,4-5,14H2,1-3H3. The van der Waals surface area contributed by atoms with Crippen LogP contribution in [0.4, 0.5) is 23.2 Å². The number of nitrogens with one attached hydrogen (secondary N) is 1. The first kappa shape index (κ1) is 25.3. The van der Waals surface area contributed by atoms with Crippen molar-refractivity contribution < 1.29 is 30.7 Å². The molecule has 1 N–H and O–H groups in total. The summed E-state index contributed by atoms with van der Waals surface area (Å²) >= 11 is 0. The molecule has 0 saturated heterocycles. The van der Waals surface area contributed by atoms with E-state index < -0.39 is 34.1 Å². The van der Waals surface area contributed by atoms with Crippen LogP contribution in [0.25, 0.3) is 0 Å². The minimum atomic E-state index is -4.87. The van der Waals surface area contributed by atoms with E-state index in [4.69, 9.17) is 0 Å². The Kier molecular flexibility index (Phi) is 7.58. The SMILES string of the molecule is CC(CC1CC1)C(NS(=O)(=O)c1ccc(OC(F)(F)F)cc1)N(c1ccc(F)cc1)C(C)C. The van der Waals surface area contributed by atoms with Crippen molar-refractivity contribution in [1.82, 2.24) is 4.72 Å². The molecule has 0 aliphatic heterocycles. The maximum absolute atomic E-state index is 13.5. The molecule has 2 unspecified atom stereocenters. The van der Waals surface area contributed by atoms with Crippen LogP contribution in [-0.2, 0) is 10.0 Å². The molecule has 3 rings (SSSR count). The van der Waals surface area contributed by atoms with E-state index in [0.29, 0.717) is 11.6 Å². The second kappa shape index (κ2) is 9.89. The molecule has 1 saturated carbocycles. The minimum Gasteiger partial charge on any atom is -0.406 e. The molecule has 1 aliphatic carbocycles. The van der Waals surface area contributed by atoms with Crippen molar-refractivity contribution in [3.05, 3.63) is 54.3 Å². The van der Waals surface area contributed by atoms with Gasteiger partial charge in [-0.25, -0.2) is 12.8 Å². The second-order valence-electron chi connectivity index (χ2n) is 8.72. The fraction of sp³-hybridized carbons (Fsp3) is 0.478. The van der Waals surface area contributed by atoms with E-state index >= 15 is 0 Å². The van der Waals surface area contributed by atoms with Gasteiger partial charge in [-0.1, -0.05) is 19.8 Å². The third-order valence-corrected chi connectivity index (χ3v) is 7.01. The topological polar surface area (TPSA) is 58.6 Å². The second-order valence-corrected chi connectivity index (χ2v) is 10.4. The third-order valence-electron chi connectivity index (χ3n) is 5.57. The Hall–Kier alpha value is -2.33. The van der Waals surface area contributed by atoms with E-state index in [9.17, 15) is 26.0 Å². The minimum absolute atomic E-state index is 0.0763. The number of halogens is 4. The van der Waals surface area contributed by atoms with Crippen LogP contribution in [0, 0.1) is 17.7 Å². The van der Waals surface area contributed by atoms with E-state index in [1.807, 2.05) is 25.7 Å². The summed E-state index contributed by atoms with van der Waals surface area (Å²) < 4.78 is 83.7. The zero-order valence-electron chi connectivity index (χ0n) is 18.6. The summed E-state index contributed by atoms with van der Waals surface area (Å²) in [5.41, 5.74) is 0.663. The van der Waals surface area contributed by atoms with Gasteiger partial charge in [-0.2, -0.15) is 4.72 Å². The summed E-state index contributed by atoms with van der Waals surface area (Å²) in [5.74, 6) is -0.442. The molecule has 2 aromatic carbocycles. The van der Waals surface area contributed by atoms with Crippen molar-refractivity contribution in [2.75, 3.05) is 4.90 Å². The molecule has 1 fully saturated rings. The van der Waals surface area contributed by atoms with E-state index in [0.717, 1.165) is 43.5 Å². The molecule has 182 valence electrons. The Labute approximate surface area is 191 Å². The first-order valence-corrected chi connectivity index (χ1v) is 12.3. The molecule has 33 heavy (non-hydrogen) atoms. The zero-order chi connectivity index (χ0) is 24.4. The first-order chi connectivity index (χ1) is 15.4. The van der Waals surface area contributed by atoms with Gasteiger partial charge in [0.25, 0.3) is 0 Å². The smallest absolute Gasteiger partial charge is 0.406 e. The van der Waals surface area contributed by atoms with E-state index in [1.54, 1.807) is 12.1 Å². The fourth-order valence-corrected chi connectivity index (χ4v) is 5.19. The van der Waals surface area contributed by atoms with Gasteiger partial charge in [-0.3, -0.25) is 0 Å². The number of nitrogens with zero attached hydrogens (tertiary/aromatic N) is 1. The van der Waals surface area contributed by atoms with Crippen molar-refractivity contribution in [3.63, 3.8) is 0 Å². The Morgan fingerprint density at radius 2 is 1.61 bits per heavy atom. The quantitative estimate of drug-likeness (QED) is 0.345. The van der Waals surface area contributed by atoms with E-state index in [2.05, 4.69) is 9.46 Å². The van der Waals surface area contributed by atoms with Gasteiger partial charge in [0, 0.05) is 11.7 Å². The molecule has 1 aliphatic rings. The molecule has 0 heterocycles. The van der Waals surface area contributed by atoms with E-state index in [-0.39, 0.29) is 16.9 Å². The summed E-state index contributed by atoms with van der Waals surface area (Å²) in [6.07, 6.45) is -2.50. The molecular formula is C23H28F4N2O3S. The molecule has 0 amide bonds. The average molecular weight is 489 g/mol. The van der Waals surface area contributed by atoms with Crippen LogP contribution in [0.5, 0.6) is 5.75 Å². The number of hydrogen-bond donors (Lipinski definition) is 1. The molecule has 5 nitrogen and oxygen atoms in total. The lowest BCUT2D eigenvalue weighted by Gasteiger charge is -2.40. The Balaban J connectivity index is 1.90. The number of anilines is 1. The lowest BCUT2D eigenvalue weighted by Crippen LogP contribution is -2.54.